The van der Waals surface area contributed by atoms with Gasteiger partial charge >= 0.3 is 0 Å². The lowest BCUT2D eigenvalue weighted by Gasteiger charge is -2.43. The second-order valence-electron chi connectivity index (χ2n) is 6.66. The maximum atomic E-state index is 11.7. The molecule has 1 aliphatic heterocycles. The molecule has 1 aromatic carbocycles. The van der Waals surface area contributed by atoms with E-state index < -0.39 is 0 Å². The van der Waals surface area contributed by atoms with Gasteiger partial charge in [0.2, 0.25) is 0 Å². The van der Waals surface area contributed by atoms with E-state index >= 15 is 0 Å². The Balaban J connectivity index is 2.52. The van der Waals surface area contributed by atoms with Crippen molar-refractivity contribution in [2.75, 3.05) is 18.5 Å². The van der Waals surface area contributed by atoms with Crippen LogP contribution in [0.4, 0.5) is 5.69 Å². The Morgan fingerprint density at radius 2 is 2.12 bits per heavy atom. The van der Waals surface area contributed by atoms with Gasteiger partial charge in [-0.1, -0.05) is 19.1 Å². The van der Waals surface area contributed by atoms with Crippen molar-refractivity contribution in [1.82, 2.24) is 5.32 Å². The first-order valence-corrected chi connectivity index (χ1v) is 8.29. The molecule has 0 aliphatic carbocycles. The van der Waals surface area contributed by atoms with E-state index in [1.807, 2.05) is 12.1 Å². The lowest BCUT2D eigenvalue weighted by atomic mass is 9.87. The minimum Gasteiger partial charge on any atom is -0.362 e. The van der Waals surface area contributed by atoms with Crippen molar-refractivity contribution in [3.05, 3.63) is 41.0 Å². The van der Waals surface area contributed by atoms with Gasteiger partial charge in [-0.15, -0.1) is 0 Å². The summed E-state index contributed by atoms with van der Waals surface area (Å²) in [5.41, 5.74) is 4.53. The standard InChI is InChI=1S/C20H25N3O/c1-6-9-23-18-8-7-15(10-16(13-21)19(24)22-5)11-17(18)14(2)12-20(23,3)4/h7-8,10-12H,6,9H2,1-5H3,(H,22,24)/b16-10+. The van der Waals surface area contributed by atoms with Crippen LogP contribution in [0.15, 0.2) is 29.8 Å². The molecule has 0 atom stereocenters. The van der Waals surface area contributed by atoms with Crippen LogP contribution in [0.3, 0.4) is 0 Å². The van der Waals surface area contributed by atoms with Gasteiger partial charge in [-0.2, -0.15) is 5.26 Å². The molecule has 0 radical (unpaired) electrons. The summed E-state index contributed by atoms with van der Waals surface area (Å²) < 4.78 is 0. The smallest absolute Gasteiger partial charge is 0.261 e. The molecule has 1 aliphatic rings. The molecule has 4 nitrogen and oxygen atoms in total. The molecule has 1 heterocycles. The van der Waals surface area contributed by atoms with E-state index in [-0.39, 0.29) is 17.0 Å². The average Bonchev–Trinajstić information content (AvgIpc) is 2.55. The van der Waals surface area contributed by atoms with E-state index in [1.165, 1.54) is 18.3 Å². The van der Waals surface area contributed by atoms with Crippen LogP contribution < -0.4 is 10.2 Å². The fraction of sp³-hybridized carbons (Fsp3) is 0.400. The Morgan fingerprint density at radius 3 is 2.71 bits per heavy atom. The Hall–Kier alpha value is -2.54. The Kier molecular flexibility index (Phi) is 5.14. The van der Waals surface area contributed by atoms with Crippen LogP contribution in [0, 0.1) is 11.3 Å². The summed E-state index contributed by atoms with van der Waals surface area (Å²) in [6.45, 7) is 9.73. The Morgan fingerprint density at radius 1 is 1.42 bits per heavy atom. The SMILES string of the molecule is CCCN1c2ccc(/C=C(\C#N)C(=O)NC)cc2C(C)=CC1(C)C. The zero-order valence-electron chi connectivity index (χ0n) is 15.1. The normalized spacial score (nSPS) is 16.1. The number of carbonyl (C=O) groups excluding carboxylic acids is 1. The summed E-state index contributed by atoms with van der Waals surface area (Å²) in [5.74, 6) is -0.365. The molecule has 2 rings (SSSR count). The third-order valence-corrected chi connectivity index (χ3v) is 4.35. The zero-order chi connectivity index (χ0) is 17.9. The number of hydrogen-bond acceptors (Lipinski definition) is 3. The van der Waals surface area contributed by atoms with Gasteiger partial charge in [0.15, 0.2) is 0 Å². The van der Waals surface area contributed by atoms with Gasteiger partial charge in [-0.05, 0) is 56.5 Å². The lowest BCUT2D eigenvalue weighted by Crippen LogP contribution is -2.45. The first-order chi connectivity index (χ1) is 11.3. The van der Waals surface area contributed by atoms with Crippen molar-refractivity contribution in [2.45, 2.75) is 39.7 Å². The summed E-state index contributed by atoms with van der Waals surface area (Å²) >= 11 is 0. The number of anilines is 1. The molecule has 0 bridgehead atoms. The Bertz CT molecular complexity index is 751. The van der Waals surface area contributed by atoms with E-state index in [9.17, 15) is 4.79 Å². The number of likely N-dealkylation sites (N-methyl/N-ethyl adjacent to an activating group) is 1. The summed E-state index contributed by atoms with van der Waals surface area (Å²) in [6, 6.07) is 8.07. The van der Waals surface area contributed by atoms with Crippen molar-refractivity contribution >= 4 is 23.2 Å². The first kappa shape index (κ1) is 17.8. The maximum absolute atomic E-state index is 11.7. The van der Waals surface area contributed by atoms with E-state index in [1.54, 1.807) is 6.08 Å². The van der Waals surface area contributed by atoms with Crippen LogP contribution in [0.1, 0.15) is 45.2 Å². The zero-order valence-corrected chi connectivity index (χ0v) is 15.1. The molecular formula is C20H25N3O. The van der Waals surface area contributed by atoms with Crippen LogP contribution in [0.25, 0.3) is 11.6 Å². The van der Waals surface area contributed by atoms with E-state index in [0.717, 1.165) is 24.1 Å². The van der Waals surface area contributed by atoms with Crippen molar-refractivity contribution in [3.63, 3.8) is 0 Å². The molecule has 4 heteroatoms. The molecule has 24 heavy (non-hydrogen) atoms. The van der Waals surface area contributed by atoms with Crippen LogP contribution in [-0.2, 0) is 4.79 Å². The third-order valence-electron chi connectivity index (χ3n) is 4.35. The largest absolute Gasteiger partial charge is 0.362 e. The molecule has 0 fully saturated rings. The van der Waals surface area contributed by atoms with Gasteiger partial charge in [0.25, 0.3) is 5.91 Å². The number of nitrogens with zero attached hydrogens (tertiary/aromatic N) is 2. The first-order valence-electron chi connectivity index (χ1n) is 8.29. The Labute approximate surface area is 144 Å². The molecule has 0 unspecified atom stereocenters. The number of nitriles is 1. The summed E-state index contributed by atoms with van der Waals surface area (Å²) in [4.78, 5) is 14.1. The summed E-state index contributed by atoms with van der Waals surface area (Å²) in [7, 11) is 1.53. The maximum Gasteiger partial charge on any atom is 0.261 e. The third kappa shape index (κ3) is 3.35. The minimum absolute atomic E-state index is 0.0235. The van der Waals surface area contributed by atoms with Crippen molar-refractivity contribution < 1.29 is 4.79 Å². The number of benzene rings is 1. The van der Waals surface area contributed by atoms with Gasteiger partial charge in [0.1, 0.15) is 11.6 Å². The molecule has 1 aromatic rings. The van der Waals surface area contributed by atoms with E-state index in [2.05, 4.69) is 56.1 Å². The number of allylic oxidation sites excluding steroid dienone is 1. The lowest BCUT2D eigenvalue weighted by molar-refractivity contribution is -0.116. The monoisotopic (exact) mass is 323 g/mol. The van der Waals surface area contributed by atoms with Gasteiger partial charge in [0, 0.05) is 24.8 Å². The molecule has 0 spiro atoms. The van der Waals surface area contributed by atoms with Crippen molar-refractivity contribution in [2.24, 2.45) is 0 Å². The van der Waals surface area contributed by atoms with Crippen molar-refractivity contribution in [1.29, 1.82) is 5.26 Å². The summed E-state index contributed by atoms with van der Waals surface area (Å²) in [6.07, 6.45) is 4.99. The molecular weight excluding hydrogens is 298 g/mol. The van der Waals surface area contributed by atoms with Crippen LogP contribution >= 0.6 is 0 Å². The molecule has 0 aromatic heterocycles. The fourth-order valence-corrected chi connectivity index (χ4v) is 3.27. The second kappa shape index (κ2) is 6.92. The molecule has 1 amide bonds. The van der Waals surface area contributed by atoms with Gasteiger partial charge < -0.3 is 10.2 Å². The number of nitrogens with one attached hydrogen (secondary N) is 1. The average molecular weight is 323 g/mol. The molecule has 0 saturated carbocycles. The number of amides is 1. The summed E-state index contributed by atoms with van der Waals surface area (Å²) in [5, 5.41) is 11.7. The predicted octanol–water partition coefficient (Wildman–Crippen LogP) is 3.75. The van der Waals surface area contributed by atoms with E-state index in [4.69, 9.17) is 5.26 Å². The highest BCUT2D eigenvalue weighted by Crippen LogP contribution is 2.39. The molecule has 126 valence electrons. The van der Waals surface area contributed by atoms with Gasteiger partial charge in [0.05, 0.1) is 5.54 Å². The minimum atomic E-state index is -0.365. The van der Waals surface area contributed by atoms with Crippen LogP contribution in [-0.4, -0.2) is 25.0 Å². The molecule has 0 saturated heterocycles. The molecule has 1 N–H and O–H groups in total. The predicted molar refractivity (Wildman–Crippen MR) is 99.5 cm³/mol. The fourth-order valence-electron chi connectivity index (χ4n) is 3.27. The topological polar surface area (TPSA) is 56.1 Å². The highest BCUT2D eigenvalue weighted by atomic mass is 16.1. The number of hydrogen-bond donors (Lipinski definition) is 1. The quantitative estimate of drug-likeness (QED) is 0.678. The highest BCUT2D eigenvalue weighted by Gasteiger charge is 2.30. The van der Waals surface area contributed by atoms with Crippen molar-refractivity contribution in [3.8, 4) is 6.07 Å². The number of rotatable bonds is 4. The van der Waals surface area contributed by atoms with Crippen LogP contribution in [0.2, 0.25) is 0 Å². The number of carbonyl (C=O) groups is 1. The number of fused-ring (bicyclic) bond motifs is 1. The second-order valence-corrected chi connectivity index (χ2v) is 6.66. The highest BCUT2D eigenvalue weighted by molar-refractivity contribution is 6.01. The van der Waals surface area contributed by atoms with Crippen LogP contribution in [0.5, 0.6) is 0 Å². The van der Waals surface area contributed by atoms with Gasteiger partial charge in [-0.25, -0.2) is 0 Å². The van der Waals surface area contributed by atoms with E-state index in [0.29, 0.717) is 0 Å². The van der Waals surface area contributed by atoms with Gasteiger partial charge in [-0.3, -0.25) is 4.79 Å².